The molecule has 0 saturated carbocycles. The highest BCUT2D eigenvalue weighted by molar-refractivity contribution is 5.92. The summed E-state index contributed by atoms with van der Waals surface area (Å²) in [7, 11) is 1.82. The zero-order chi connectivity index (χ0) is 24.0. The topological polar surface area (TPSA) is 70.5 Å². The Kier molecular flexibility index (Phi) is 6.40. The molecule has 5 rings (SSSR count). The Labute approximate surface area is 201 Å². The van der Waals surface area contributed by atoms with E-state index in [0.717, 1.165) is 54.7 Å². The lowest BCUT2D eigenvalue weighted by Gasteiger charge is -2.41. The molecule has 2 saturated heterocycles. The molecule has 0 aliphatic carbocycles. The van der Waals surface area contributed by atoms with Gasteiger partial charge in [-0.1, -0.05) is 19.9 Å². The summed E-state index contributed by atoms with van der Waals surface area (Å²) >= 11 is 0. The zero-order valence-electron chi connectivity index (χ0n) is 20.8. The van der Waals surface area contributed by atoms with Crippen molar-refractivity contribution in [2.45, 2.75) is 64.0 Å². The van der Waals surface area contributed by atoms with E-state index in [0.29, 0.717) is 25.0 Å². The molecule has 182 valence electrons. The molecule has 2 fully saturated rings. The monoisotopic (exact) mass is 463 g/mol. The molecule has 0 unspecified atom stereocenters. The minimum Gasteiger partial charge on any atom is -0.391 e. The first kappa shape index (κ1) is 23.3. The van der Waals surface area contributed by atoms with Gasteiger partial charge in [0.15, 0.2) is 0 Å². The van der Waals surface area contributed by atoms with E-state index >= 15 is 0 Å². The third-order valence-electron chi connectivity index (χ3n) is 7.85. The van der Waals surface area contributed by atoms with E-state index in [4.69, 9.17) is 4.74 Å². The smallest absolute Gasteiger partial charge is 0.253 e. The predicted molar refractivity (Wildman–Crippen MR) is 137 cm³/mol. The normalized spacial score (nSPS) is 22.6. The van der Waals surface area contributed by atoms with Gasteiger partial charge in [-0.3, -0.25) is 9.69 Å². The molecule has 2 aliphatic rings. The van der Waals surface area contributed by atoms with Gasteiger partial charge in [-0.2, -0.15) is 0 Å². The number of aromatic amines is 1. The molecule has 0 bridgehead atoms. The van der Waals surface area contributed by atoms with E-state index < -0.39 is 0 Å². The summed E-state index contributed by atoms with van der Waals surface area (Å²) in [6.07, 6.45) is 4.61. The summed E-state index contributed by atoms with van der Waals surface area (Å²) in [6.45, 7) is 9.68. The second-order valence-corrected chi connectivity index (χ2v) is 10.5. The number of benzene rings is 1. The highest BCUT2D eigenvalue weighted by Gasteiger charge is 2.32. The van der Waals surface area contributed by atoms with Gasteiger partial charge in [0.1, 0.15) is 0 Å². The van der Waals surface area contributed by atoms with Crippen LogP contribution in [0.4, 0.5) is 0 Å². The Morgan fingerprint density at radius 2 is 1.91 bits per heavy atom. The summed E-state index contributed by atoms with van der Waals surface area (Å²) < 4.78 is 7.31. The molecule has 4 heterocycles. The molecule has 6 nitrogen and oxygen atoms in total. The van der Waals surface area contributed by atoms with Gasteiger partial charge in [-0.05, 0) is 80.4 Å². The third kappa shape index (κ3) is 4.23. The van der Waals surface area contributed by atoms with Gasteiger partial charge in [0, 0.05) is 41.9 Å². The van der Waals surface area contributed by atoms with Crippen molar-refractivity contribution < 1.29 is 9.84 Å². The standard InChI is InChI=1S/C28H37N3O3/c1-17(2)26-22-14-20(19-7-10-31(11-8-19)24-16-34-12-9-25(24)32)5-6-23(22)29-27(26)21-13-18(3)28(33)30(4)15-21/h5-6,13-15,17,19,24-25,29,32H,7-12,16H2,1-4H3/t24-,25-/m0/s1. The average molecular weight is 464 g/mol. The maximum Gasteiger partial charge on any atom is 0.253 e. The van der Waals surface area contributed by atoms with Crippen molar-refractivity contribution in [2.24, 2.45) is 7.05 Å². The molecular formula is C28H37N3O3. The van der Waals surface area contributed by atoms with Crippen molar-refractivity contribution in [1.29, 1.82) is 0 Å². The van der Waals surface area contributed by atoms with Crippen LogP contribution in [0.1, 0.15) is 61.6 Å². The van der Waals surface area contributed by atoms with E-state index in [1.165, 1.54) is 16.5 Å². The van der Waals surface area contributed by atoms with Crippen molar-refractivity contribution in [3.63, 3.8) is 0 Å². The molecule has 0 spiro atoms. The Balaban J connectivity index is 1.44. The van der Waals surface area contributed by atoms with E-state index in [9.17, 15) is 9.90 Å². The minimum atomic E-state index is -0.269. The molecule has 2 aliphatic heterocycles. The van der Waals surface area contributed by atoms with Crippen LogP contribution in [0.25, 0.3) is 22.2 Å². The van der Waals surface area contributed by atoms with Gasteiger partial charge >= 0.3 is 0 Å². The SMILES string of the molecule is Cc1cc(-c2[nH]c3ccc(C4CCN([C@H]5COCC[C@@H]5O)CC4)cc3c2C(C)C)cn(C)c1=O. The Morgan fingerprint density at radius 1 is 1.15 bits per heavy atom. The van der Waals surface area contributed by atoms with Gasteiger partial charge in [0.25, 0.3) is 5.56 Å². The number of likely N-dealkylation sites (tertiary alicyclic amines) is 1. The molecule has 34 heavy (non-hydrogen) atoms. The Hall–Kier alpha value is -2.41. The second-order valence-electron chi connectivity index (χ2n) is 10.5. The fourth-order valence-corrected chi connectivity index (χ4v) is 5.95. The maximum absolute atomic E-state index is 12.2. The molecule has 3 aromatic rings. The van der Waals surface area contributed by atoms with Crippen LogP contribution in [0.5, 0.6) is 0 Å². The molecule has 2 aromatic heterocycles. The molecule has 1 aromatic carbocycles. The first-order chi connectivity index (χ1) is 16.3. The van der Waals surface area contributed by atoms with Gasteiger partial charge in [0.05, 0.1) is 24.4 Å². The number of piperidine rings is 1. The minimum absolute atomic E-state index is 0.0481. The number of hydrogen-bond donors (Lipinski definition) is 2. The van der Waals surface area contributed by atoms with Crippen molar-refractivity contribution in [1.82, 2.24) is 14.5 Å². The van der Waals surface area contributed by atoms with Gasteiger partial charge in [-0.15, -0.1) is 0 Å². The number of pyridine rings is 1. The number of hydrogen-bond acceptors (Lipinski definition) is 4. The number of H-pyrrole nitrogens is 1. The number of aromatic nitrogens is 2. The van der Waals surface area contributed by atoms with Crippen LogP contribution in [0, 0.1) is 6.92 Å². The predicted octanol–water partition coefficient (Wildman–Crippen LogP) is 4.29. The van der Waals surface area contributed by atoms with Crippen LogP contribution in [0.3, 0.4) is 0 Å². The van der Waals surface area contributed by atoms with Crippen molar-refractivity contribution in [3.05, 3.63) is 57.5 Å². The fourth-order valence-electron chi connectivity index (χ4n) is 5.95. The number of aliphatic hydroxyl groups excluding tert-OH is 1. The number of rotatable bonds is 4. The van der Waals surface area contributed by atoms with E-state index in [1.807, 2.05) is 26.2 Å². The summed E-state index contributed by atoms with van der Waals surface area (Å²) in [4.78, 5) is 18.3. The number of fused-ring (bicyclic) bond motifs is 1. The van der Waals surface area contributed by atoms with Crippen LogP contribution < -0.4 is 5.56 Å². The van der Waals surface area contributed by atoms with Crippen LogP contribution in [-0.2, 0) is 11.8 Å². The average Bonchev–Trinajstić information content (AvgIpc) is 3.22. The molecule has 0 amide bonds. The Morgan fingerprint density at radius 3 is 2.59 bits per heavy atom. The van der Waals surface area contributed by atoms with E-state index in [-0.39, 0.29) is 17.7 Å². The number of nitrogens with zero attached hydrogens (tertiary/aromatic N) is 2. The summed E-state index contributed by atoms with van der Waals surface area (Å²) in [5.74, 6) is 0.881. The first-order valence-corrected chi connectivity index (χ1v) is 12.7. The zero-order valence-corrected chi connectivity index (χ0v) is 20.8. The second kappa shape index (κ2) is 9.33. The van der Waals surface area contributed by atoms with Crippen LogP contribution in [0.2, 0.25) is 0 Å². The van der Waals surface area contributed by atoms with Crippen LogP contribution in [0.15, 0.2) is 35.3 Å². The lowest BCUT2D eigenvalue weighted by Crippen LogP contribution is -2.52. The first-order valence-electron chi connectivity index (χ1n) is 12.7. The lowest BCUT2D eigenvalue weighted by atomic mass is 9.86. The highest BCUT2D eigenvalue weighted by atomic mass is 16.5. The molecule has 2 atom stereocenters. The van der Waals surface area contributed by atoms with Crippen molar-refractivity contribution >= 4 is 10.9 Å². The molecule has 6 heteroatoms. The summed E-state index contributed by atoms with van der Waals surface area (Å²) in [5, 5.41) is 11.7. The number of ether oxygens (including phenoxy) is 1. The molecular weight excluding hydrogens is 426 g/mol. The van der Waals surface area contributed by atoms with Gasteiger partial charge in [0.2, 0.25) is 0 Å². The number of aliphatic hydroxyl groups is 1. The largest absolute Gasteiger partial charge is 0.391 e. The Bertz CT molecular complexity index is 1210. The van der Waals surface area contributed by atoms with Crippen molar-refractivity contribution in [3.8, 4) is 11.3 Å². The lowest BCUT2D eigenvalue weighted by molar-refractivity contribution is -0.0667. The molecule has 2 N–H and O–H groups in total. The number of nitrogens with one attached hydrogen (secondary N) is 1. The fraction of sp³-hybridized carbons (Fsp3) is 0.536. The number of aryl methyl sites for hydroxylation is 2. The van der Waals surface area contributed by atoms with Crippen molar-refractivity contribution in [2.75, 3.05) is 26.3 Å². The third-order valence-corrected chi connectivity index (χ3v) is 7.85. The summed E-state index contributed by atoms with van der Waals surface area (Å²) in [5.41, 5.74) is 6.84. The molecule has 0 radical (unpaired) electrons. The van der Waals surface area contributed by atoms with E-state index in [2.05, 4.69) is 41.9 Å². The van der Waals surface area contributed by atoms with Crippen LogP contribution >= 0.6 is 0 Å². The van der Waals surface area contributed by atoms with E-state index in [1.54, 1.807) is 4.57 Å². The van der Waals surface area contributed by atoms with Gasteiger partial charge in [-0.25, -0.2) is 0 Å². The highest BCUT2D eigenvalue weighted by Crippen LogP contribution is 2.38. The maximum atomic E-state index is 12.2. The van der Waals surface area contributed by atoms with Crippen LogP contribution in [-0.4, -0.2) is 58.0 Å². The summed E-state index contributed by atoms with van der Waals surface area (Å²) in [6, 6.07) is 9.02. The quantitative estimate of drug-likeness (QED) is 0.605. The van der Waals surface area contributed by atoms with Gasteiger partial charge < -0.3 is 19.4 Å².